The highest BCUT2D eigenvalue weighted by molar-refractivity contribution is 6.12. The van der Waals surface area contributed by atoms with Crippen LogP contribution in [0.1, 0.15) is 92.5 Å². The molecule has 10 rings (SSSR count). The second-order valence-corrected chi connectivity index (χ2v) is 15.8. The lowest BCUT2D eigenvalue weighted by Gasteiger charge is -2.30. The Labute approximate surface area is 301 Å². The summed E-state index contributed by atoms with van der Waals surface area (Å²) in [7, 11) is 0. The summed E-state index contributed by atoms with van der Waals surface area (Å²) in [5.74, 6) is 0.570. The number of furan rings is 1. The Morgan fingerprint density at radius 3 is 2.10 bits per heavy atom. The van der Waals surface area contributed by atoms with Crippen LogP contribution in [0.15, 0.2) is 126 Å². The van der Waals surface area contributed by atoms with Gasteiger partial charge in [0.05, 0.1) is 5.69 Å². The summed E-state index contributed by atoms with van der Waals surface area (Å²) >= 11 is 0. The predicted octanol–water partition coefficient (Wildman–Crippen LogP) is 14.0. The number of para-hydroxylation sites is 1. The van der Waals surface area contributed by atoms with Gasteiger partial charge in [0.25, 0.3) is 0 Å². The number of nitrogens with zero attached hydrogens (tertiary/aromatic N) is 1. The van der Waals surface area contributed by atoms with Gasteiger partial charge in [-0.15, -0.1) is 0 Å². The fraction of sp³-hybridized carbons (Fsp3) is 0.265. The summed E-state index contributed by atoms with van der Waals surface area (Å²) in [6.07, 6.45) is 11.1. The Morgan fingerprint density at radius 1 is 0.569 bits per heavy atom. The summed E-state index contributed by atoms with van der Waals surface area (Å²) in [6, 6.07) is 45.9. The number of benzene rings is 6. The summed E-state index contributed by atoms with van der Waals surface area (Å²) in [4.78, 5) is 2.50. The highest BCUT2D eigenvalue weighted by atomic mass is 16.3. The quantitative estimate of drug-likeness (QED) is 0.186. The fourth-order valence-electron chi connectivity index (χ4n) is 9.85. The molecule has 2 heteroatoms. The molecule has 1 saturated carbocycles. The van der Waals surface area contributed by atoms with Crippen molar-refractivity contribution in [1.82, 2.24) is 0 Å². The van der Waals surface area contributed by atoms with Crippen LogP contribution in [0.2, 0.25) is 0 Å². The molecule has 3 aliphatic rings. The van der Waals surface area contributed by atoms with Crippen LogP contribution in [0, 0.1) is 0 Å². The van der Waals surface area contributed by atoms with Gasteiger partial charge in [0.15, 0.2) is 5.58 Å². The molecule has 0 aliphatic heterocycles. The molecule has 0 unspecified atom stereocenters. The summed E-state index contributed by atoms with van der Waals surface area (Å²) in [5.41, 5.74) is 17.9. The first kappa shape index (κ1) is 30.7. The van der Waals surface area contributed by atoms with E-state index in [4.69, 9.17) is 4.42 Å². The summed E-state index contributed by atoms with van der Waals surface area (Å²) < 4.78 is 6.98. The van der Waals surface area contributed by atoms with Crippen molar-refractivity contribution in [2.45, 2.75) is 83.0 Å². The number of hydrogen-bond acceptors (Lipinski definition) is 2. The zero-order chi connectivity index (χ0) is 34.1. The maximum Gasteiger partial charge on any atom is 0.159 e. The lowest BCUT2D eigenvalue weighted by molar-refractivity contribution is 0.445. The van der Waals surface area contributed by atoms with E-state index in [1.54, 1.807) is 0 Å². The highest BCUT2D eigenvalue weighted by Gasteiger charge is 2.36. The van der Waals surface area contributed by atoms with Crippen molar-refractivity contribution in [3.63, 3.8) is 0 Å². The number of aryl methyl sites for hydroxylation is 2. The van der Waals surface area contributed by atoms with E-state index in [0.29, 0.717) is 5.92 Å². The third-order valence-electron chi connectivity index (χ3n) is 12.4. The van der Waals surface area contributed by atoms with Gasteiger partial charge in [0, 0.05) is 27.6 Å². The van der Waals surface area contributed by atoms with Crippen LogP contribution in [0.4, 0.5) is 17.1 Å². The fourth-order valence-corrected chi connectivity index (χ4v) is 9.85. The topological polar surface area (TPSA) is 16.4 Å². The van der Waals surface area contributed by atoms with Crippen molar-refractivity contribution in [2.24, 2.45) is 0 Å². The molecule has 0 saturated heterocycles. The van der Waals surface area contributed by atoms with Gasteiger partial charge in [0.2, 0.25) is 0 Å². The van der Waals surface area contributed by atoms with Gasteiger partial charge in [-0.05, 0) is 131 Å². The van der Waals surface area contributed by atoms with Crippen LogP contribution < -0.4 is 4.90 Å². The Morgan fingerprint density at radius 2 is 1.24 bits per heavy atom. The molecule has 1 heterocycles. The van der Waals surface area contributed by atoms with Gasteiger partial charge in [0.1, 0.15) is 5.58 Å². The van der Waals surface area contributed by atoms with Crippen molar-refractivity contribution < 1.29 is 4.42 Å². The first-order valence-corrected chi connectivity index (χ1v) is 19.3. The molecule has 0 bridgehead atoms. The molecule has 0 spiro atoms. The Bertz CT molecular complexity index is 2460. The van der Waals surface area contributed by atoms with Gasteiger partial charge >= 0.3 is 0 Å². The van der Waals surface area contributed by atoms with Gasteiger partial charge in [-0.25, -0.2) is 0 Å². The normalized spacial score (nSPS) is 16.6. The van der Waals surface area contributed by atoms with Gasteiger partial charge in [-0.3, -0.25) is 0 Å². The van der Waals surface area contributed by atoms with E-state index in [-0.39, 0.29) is 5.41 Å². The van der Waals surface area contributed by atoms with E-state index < -0.39 is 0 Å². The van der Waals surface area contributed by atoms with Crippen LogP contribution >= 0.6 is 0 Å². The lowest BCUT2D eigenvalue weighted by atomic mass is 9.82. The molecule has 0 N–H and O–H groups in total. The van der Waals surface area contributed by atoms with Crippen molar-refractivity contribution in [1.29, 1.82) is 0 Å². The second kappa shape index (κ2) is 12.0. The monoisotopic (exact) mass is 663 g/mol. The SMILES string of the molecule is CC1(C)c2ccccc2-c2ccc(N(c3ccc4c(c3)CCCCc3ccccc3-4)c3ccc(C4CCCCC4)c4c3oc3ccccc34)cc21. The molecule has 6 aromatic carbocycles. The van der Waals surface area contributed by atoms with Crippen LogP contribution in [0.25, 0.3) is 44.2 Å². The van der Waals surface area contributed by atoms with Crippen LogP contribution in [-0.2, 0) is 18.3 Å². The Balaban J connectivity index is 1.22. The number of rotatable bonds is 4. The van der Waals surface area contributed by atoms with Gasteiger partial charge in [-0.1, -0.05) is 118 Å². The maximum atomic E-state index is 6.98. The molecule has 0 radical (unpaired) electrons. The number of fused-ring (bicyclic) bond motifs is 9. The van der Waals surface area contributed by atoms with E-state index in [1.165, 1.54) is 117 Å². The Hall–Kier alpha value is -5.08. The molecule has 3 aliphatic carbocycles. The van der Waals surface area contributed by atoms with E-state index in [2.05, 4.69) is 140 Å². The predicted molar refractivity (Wildman–Crippen MR) is 214 cm³/mol. The minimum atomic E-state index is -0.0944. The first-order valence-electron chi connectivity index (χ1n) is 19.3. The number of hydrogen-bond donors (Lipinski definition) is 0. The van der Waals surface area contributed by atoms with Crippen molar-refractivity contribution in [3.8, 4) is 22.3 Å². The van der Waals surface area contributed by atoms with Crippen LogP contribution in [0.3, 0.4) is 0 Å². The van der Waals surface area contributed by atoms with Crippen molar-refractivity contribution in [2.75, 3.05) is 4.90 Å². The van der Waals surface area contributed by atoms with Crippen LogP contribution in [-0.4, -0.2) is 0 Å². The molecule has 7 aromatic rings. The number of anilines is 3. The zero-order valence-corrected chi connectivity index (χ0v) is 29.8. The summed E-state index contributed by atoms with van der Waals surface area (Å²) in [5, 5.41) is 2.53. The molecular weight excluding hydrogens is 619 g/mol. The minimum absolute atomic E-state index is 0.0944. The molecule has 1 fully saturated rings. The largest absolute Gasteiger partial charge is 0.454 e. The maximum absolute atomic E-state index is 6.98. The minimum Gasteiger partial charge on any atom is -0.454 e. The lowest BCUT2D eigenvalue weighted by Crippen LogP contribution is -2.17. The Kier molecular flexibility index (Phi) is 7.24. The average Bonchev–Trinajstić information content (AvgIpc) is 3.66. The molecule has 1 aromatic heterocycles. The molecular formula is C49H45NO. The molecule has 0 atom stereocenters. The summed E-state index contributed by atoms with van der Waals surface area (Å²) in [6.45, 7) is 4.76. The van der Waals surface area contributed by atoms with E-state index in [9.17, 15) is 0 Å². The van der Waals surface area contributed by atoms with Gasteiger partial charge in [-0.2, -0.15) is 0 Å². The molecule has 2 nitrogen and oxygen atoms in total. The van der Waals surface area contributed by atoms with E-state index in [1.807, 2.05) is 0 Å². The standard InChI is InChI=1S/C49H45NO/c1-49(2)43-22-12-10-20-40(43)41-27-25-36(31-44(41)49)50(35-24-26-38-34(30-35)18-7-6-16-32-17-8-9-19-37(32)38)45-29-28-39(33-14-4-3-5-15-33)47-42-21-11-13-23-46(42)51-48(45)47/h8-13,17,19-31,33H,3-7,14-16,18H2,1-2H3. The smallest absolute Gasteiger partial charge is 0.159 e. The van der Waals surface area contributed by atoms with E-state index >= 15 is 0 Å². The third kappa shape index (κ3) is 4.90. The van der Waals surface area contributed by atoms with Crippen molar-refractivity contribution >= 4 is 39.0 Å². The average molecular weight is 664 g/mol. The first-order chi connectivity index (χ1) is 25.1. The molecule has 252 valence electrons. The second-order valence-electron chi connectivity index (χ2n) is 15.8. The highest BCUT2D eigenvalue weighted by Crippen LogP contribution is 2.52. The van der Waals surface area contributed by atoms with E-state index in [0.717, 1.165) is 29.7 Å². The zero-order valence-electron chi connectivity index (χ0n) is 29.8. The molecule has 0 amide bonds. The van der Waals surface area contributed by atoms with Crippen molar-refractivity contribution in [3.05, 3.63) is 149 Å². The van der Waals surface area contributed by atoms with Crippen LogP contribution in [0.5, 0.6) is 0 Å². The molecule has 51 heavy (non-hydrogen) atoms. The third-order valence-corrected chi connectivity index (χ3v) is 12.4. The van der Waals surface area contributed by atoms with Gasteiger partial charge < -0.3 is 9.32 Å².